The Balaban J connectivity index is 2.67. The van der Waals surface area contributed by atoms with Crippen LogP contribution >= 0.6 is 0 Å². The van der Waals surface area contributed by atoms with Crippen molar-refractivity contribution >= 4 is 6.29 Å². The molecule has 0 aliphatic heterocycles. The van der Waals surface area contributed by atoms with Crippen molar-refractivity contribution in [2.24, 2.45) is 0 Å². The van der Waals surface area contributed by atoms with Crippen LogP contribution in [0, 0.1) is 19.7 Å². The molecule has 0 saturated carbocycles. The highest BCUT2D eigenvalue weighted by Crippen LogP contribution is 2.27. The van der Waals surface area contributed by atoms with Gasteiger partial charge in [-0.25, -0.2) is 4.39 Å². The summed E-state index contributed by atoms with van der Waals surface area (Å²) < 4.78 is 13.2. The van der Waals surface area contributed by atoms with Crippen LogP contribution < -0.4 is 0 Å². The molecule has 2 rings (SSSR count). The van der Waals surface area contributed by atoms with Crippen molar-refractivity contribution in [1.29, 1.82) is 0 Å². The lowest BCUT2D eigenvalue weighted by Crippen LogP contribution is -1.94. The molecule has 0 aliphatic carbocycles. The van der Waals surface area contributed by atoms with Gasteiger partial charge in [0.15, 0.2) is 6.29 Å². The number of rotatable bonds is 2. The predicted molar refractivity (Wildman–Crippen MR) is 64.5 cm³/mol. The summed E-state index contributed by atoms with van der Waals surface area (Å²) in [6.45, 7) is 3.59. The molecule has 0 fully saturated rings. The standard InChI is InChI=1S/C14H12FNO/c1-9-5-11(3-4-13(9)15)14-10(2)6-16-7-12(14)8-17/h3-8H,1-2H3. The summed E-state index contributed by atoms with van der Waals surface area (Å²) in [6, 6.07) is 4.83. The Morgan fingerprint density at radius 2 is 1.94 bits per heavy atom. The topological polar surface area (TPSA) is 30.0 Å². The number of aromatic nitrogens is 1. The molecule has 0 unspecified atom stereocenters. The summed E-state index contributed by atoms with van der Waals surface area (Å²) >= 11 is 0. The van der Waals surface area contributed by atoms with Crippen LogP contribution in [-0.4, -0.2) is 11.3 Å². The van der Waals surface area contributed by atoms with Crippen LogP contribution in [0.1, 0.15) is 21.5 Å². The Hall–Kier alpha value is -2.03. The number of halogens is 1. The van der Waals surface area contributed by atoms with Gasteiger partial charge in [0.05, 0.1) is 0 Å². The van der Waals surface area contributed by atoms with Crippen LogP contribution in [0.3, 0.4) is 0 Å². The van der Waals surface area contributed by atoms with Gasteiger partial charge < -0.3 is 0 Å². The van der Waals surface area contributed by atoms with Crippen molar-refractivity contribution in [3.05, 3.63) is 53.1 Å². The van der Waals surface area contributed by atoms with Crippen molar-refractivity contribution in [1.82, 2.24) is 4.98 Å². The third kappa shape index (κ3) is 2.09. The minimum absolute atomic E-state index is 0.242. The van der Waals surface area contributed by atoms with Gasteiger partial charge in [-0.15, -0.1) is 0 Å². The number of nitrogens with zero attached hydrogens (tertiary/aromatic N) is 1. The van der Waals surface area contributed by atoms with E-state index < -0.39 is 0 Å². The highest BCUT2D eigenvalue weighted by Gasteiger charge is 2.09. The number of hydrogen-bond donors (Lipinski definition) is 0. The number of aryl methyl sites for hydroxylation is 2. The fourth-order valence-electron chi connectivity index (χ4n) is 1.87. The van der Waals surface area contributed by atoms with Gasteiger partial charge in [0.2, 0.25) is 0 Å². The van der Waals surface area contributed by atoms with Crippen LogP contribution in [-0.2, 0) is 0 Å². The SMILES string of the molecule is Cc1cc(-c2c(C)cncc2C=O)ccc1F. The van der Waals surface area contributed by atoms with Gasteiger partial charge in [0.1, 0.15) is 5.82 Å². The zero-order valence-electron chi connectivity index (χ0n) is 9.70. The van der Waals surface area contributed by atoms with Crippen LogP contribution in [0.15, 0.2) is 30.6 Å². The molecule has 2 nitrogen and oxygen atoms in total. The fourth-order valence-corrected chi connectivity index (χ4v) is 1.87. The highest BCUT2D eigenvalue weighted by atomic mass is 19.1. The number of pyridine rings is 1. The van der Waals surface area contributed by atoms with Gasteiger partial charge in [0.25, 0.3) is 0 Å². The Morgan fingerprint density at radius 3 is 2.59 bits per heavy atom. The Labute approximate surface area is 99.1 Å². The second kappa shape index (κ2) is 4.45. The maximum Gasteiger partial charge on any atom is 0.152 e. The lowest BCUT2D eigenvalue weighted by molar-refractivity contribution is 0.112. The molecule has 0 atom stereocenters. The molecule has 0 radical (unpaired) electrons. The average molecular weight is 229 g/mol. The van der Waals surface area contributed by atoms with E-state index in [0.717, 1.165) is 23.0 Å². The summed E-state index contributed by atoms with van der Waals surface area (Å²) in [7, 11) is 0. The van der Waals surface area contributed by atoms with E-state index in [0.29, 0.717) is 11.1 Å². The van der Waals surface area contributed by atoms with Gasteiger partial charge in [-0.05, 0) is 48.2 Å². The van der Waals surface area contributed by atoms with E-state index >= 15 is 0 Å². The zero-order chi connectivity index (χ0) is 12.4. The first-order valence-corrected chi connectivity index (χ1v) is 5.30. The van der Waals surface area contributed by atoms with Gasteiger partial charge in [0, 0.05) is 18.0 Å². The second-order valence-electron chi connectivity index (χ2n) is 4.00. The molecule has 17 heavy (non-hydrogen) atoms. The third-order valence-corrected chi connectivity index (χ3v) is 2.74. The molecule has 3 heteroatoms. The van der Waals surface area contributed by atoms with Crippen molar-refractivity contribution in [2.75, 3.05) is 0 Å². The number of hydrogen-bond acceptors (Lipinski definition) is 2. The number of carbonyl (C=O) groups excluding carboxylic acids is 1. The van der Waals surface area contributed by atoms with E-state index in [4.69, 9.17) is 0 Å². The molecule has 0 spiro atoms. The van der Waals surface area contributed by atoms with Crippen LogP contribution in [0.5, 0.6) is 0 Å². The first-order chi connectivity index (χ1) is 8.13. The highest BCUT2D eigenvalue weighted by molar-refractivity contribution is 5.88. The van der Waals surface area contributed by atoms with Crippen LogP contribution in [0.2, 0.25) is 0 Å². The first-order valence-electron chi connectivity index (χ1n) is 5.30. The molecule has 0 N–H and O–H groups in total. The average Bonchev–Trinajstić information content (AvgIpc) is 2.32. The normalized spacial score (nSPS) is 10.3. The monoisotopic (exact) mass is 229 g/mol. The first kappa shape index (κ1) is 11.5. The van der Waals surface area contributed by atoms with Gasteiger partial charge >= 0.3 is 0 Å². The Morgan fingerprint density at radius 1 is 1.18 bits per heavy atom. The molecule has 1 aromatic heterocycles. The van der Waals surface area contributed by atoms with Gasteiger partial charge in [-0.2, -0.15) is 0 Å². The molecule has 1 heterocycles. The lowest BCUT2D eigenvalue weighted by Gasteiger charge is -2.09. The van der Waals surface area contributed by atoms with Crippen LogP contribution in [0.4, 0.5) is 4.39 Å². The summed E-state index contributed by atoms with van der Waals surface area (Å²) in [4.78, 5) is 15.0. The maximum absolute atomic E-state index is 13.2. The molecular formula is C14H12FNO. The summed E-state index contributed by atoms with van der Waals surface area (Å²) in [6.07, 6.45) is 3.99. The fraction of sp³-hybridized carbons (Fsp3) is 0.143. The van der Waals surface area contributed by atoms with Gasteiger partial charge in [-0.1, -0.05) is 6.07 Å². The molecule has 1 aromatic carbocycles. The zero-order valence-corrected chi connectivity index (χ0v) is 9.70. The van der Waals surface area contributed by atoms with E-state index in [-0.39, 0.29) is 5.82 Å². The minimum Gasteiger partial charge on any atom is -0.298 e. The minimum atomic E-state index is -0.242. The van der Waals surface area contributed by atoms with E-state index in [1.165, 1.54) is 12.3 Å². The van der Waals surface area contributed by atoms with E-state index in [1.807, 2.05) is 6.92 Å². The number of benzene rings is 1. The van der Waals surface area contributed by atoms with E-state index in [9.17, 15) is 9.18 Å². The summed E-state index contributed by atoms with van der Waals surface area (Å²) in [5, 5.41) is 0. The second-order valence-corrected chi connectivity index (χ2v) is 4.00. The third-order valence-electron chi connectivity index (χ3n) is 2.74. The predicted octanol–water partition coefficient (Wildman–Crippen LogP) is 3.32. The summed E-state index contributed by atoms with van der Waals surface area (Å²) in [5.41, 5.74) is 3.65. The quantitative estimate of drug-likeness (QED) is 0.739. The van der Waals surface area contributed by atoms with Crippen LogP contribution in [0.25, 0.3) is 11.1 Å². The van der Waals surface area contributed by atoms with Gasteiger partial charge in [-0.3, -0.25) is 9.78 Å². The lowest BCUT2D eigenvalue weighted by atomic mass is 9.97. The molecular weight excluding hydrogens is 217 g/mol. The Bertz CT molecular complexity index is 578. The molecule has 86 valence electrons. The largest absolute Gasteiger partial charge is 0.298 e. The molecule has 0 bridgehead atoms. The molecule has 0 aliphatic rings. The molecule has 2 aromatic rings. The van der Waals surface area contributed by atoms with Crippen molar-refractivity contribution in [3.8, 4) is 11.1 Å². The molecule has 0 amide bonds. The smallest absolute Gasteiger partial charge is 0.152 e. The van der Waals surface area contributed by atoms with Crippen molar-refractivity contribution in [2.45, 2.75) is 13.8 Å². The number of aldehydes is 1. The maximum atomic E-state index is 13.2. The summed E-state index contributed by atoms with van der Waals surface area (Å²) in [5.74, 6) is -0.242. The molecule has 0 saturated heterocycles. The van der Waals surface area contributed by atoms with E-state index in [2.05, 4.69) is 4.98 Å². The van der Waals surface area contributed by atoms with E-state index in [1.54, 1.807) is 25.3 Å². The van der Waals surface area contributed by atoms with Crippen molar-refractivity contribution in [3.63, 3.8) is 0 Å². The number of carbonyl (C=O) groups is 1. The van der Waals surface area contributed by atoms with Crippen molar-refractivity contribution < 1.29 is 9.18 Å². The Kier molecular flexibility index (Phi) is 3.00.